The van der Waals surface area contributed by atoms with E-state index in [1.165, 1.54) is 0 Å². The van der Waals surface area contributed by atoms with E-state index in [4.69, 9.17) is 13.9 Å². The SMILES string of the molecule is CCOCOc1ccc2cc(Br)oc2c1. The highest BCUT2D eigenvalue weighted by Gasteiger charge is 2.02. The Morgan fingerprint density at radius 2 is 2.20 bits per heavy atom. The zero-order valence-electron chi connectivity index (χ0n) is 8.33. The first-order chi connectivity index (χ1) is 7.29. The molecule has 0 radical (unpaired) electrons. The van der Waals surface area contributed by atoms with E-state index >= 15 is 0 Å². The van der Waals surface area contributed by atoms with Gasteiger partial charge < -0.3 is 13.9 Å². The molecule has 4 heteroatoms. The number of benzene rings is 1. The van der Waals surface area contributed by atoms with E-state index in [1.807, 2.05) is 31.2 Å². The minimum Gasteiger partial charge on any atom is -0.467 e. The monoisotopic (exact) mass is 270 g/mol. The van der Waals surface area contributed by atoms with Crippen LogP contribution >= 0.6 is 15.9 Å². The summed E-state index contributed by atoms with van der Waals surface area (Å²) in [6.45, 7) is 2.84. The van der Waals surface area contributed by atoms with Crippen LogP contribution in [0.2, 0.25) is 0 Å². The van der Waals surface area contributed by atoms with Gasteiger partial charge >= 0.3 is 0 Å². The first-order valence-electron chi connectivity index (χ1n) is 4.69. The summed E-state index contributed by atoms with van der Waals surface area (Å²) in [7, 11) is 0. The smallest absolute Gasteiger partial charge is 0.189 e. The Kier molecular flexibility index (Phi) is 3.28. The van der Waals surface area contributed by atoms with Gasteiger partial charge in [0.05, 0.1) is 0 Å². The van der Waals surface area contributed by atoms with Crippen LogP contribution in [0.5, 0.6) is 5.75 Å². The summed E-state index contributed by atoms with van der Waals surface area (Å²) in [5, 5.41) is 1.05. The summed E-state index contributed by atoms with van der Waals surface area (Å²) >= 11 is 3.28. The van der Waals surface area contributed by atoms with Crippen molar-refractivity contribution in [2.45, 2.75) is 6.92 Å². The van der Waals surface area contributed by atoms with Crippen LogP contribution < -0.4 is 4.74 Å². The fourth-order valence-corrected chi connectivity index (χ4v) is 1.68. The summed E-state index contributed by atoms with van der Waals surface area (Å²) in [5.74, 6) is 0.748. The van der Waals surface area contributed by atoms with Crippen LogP contribution in [0.4, 0.5) is 0 Å². The lowest BCUT2D eigenvalue weighted by Crippen LogP contribution is -2.01. The Hall–Kier alpha value is -1.00. The van der Waals surface area contributed by atoms with Crippen LogP contribution in [0.3, 0.4) is 0 Å². The lowest BCUT2D eigenvalue weighted by atomic mass is 10.2. The minimum absolute atomic E-state index is 0.268. The highest BCUT2D eigenvalue weighted by molar-refractivity contribution is 9.10. The molecule has 15 heavy (non-hydrogen) atoms. The number of halogens is 1. The van der Waals surface area contributed by atoms with E-state index in [1.54, 1.807) is 0 Å². The predicted octanol–water partition coefficient (Wildman–Crippen LogP) is 3.57. The van der Waals surface area contributed by atoms with Crippen LogP contribution in [0.1, 0.15) is 6.92 Å². The standard InChI is InChI=1S/C11H11BrO3/c1-2-13-7-14-9-4-3-8-5-11(12)15-10(8)6-9/h3-6H,2,7H2,1H3. The molecule has 0 bridgehead atoms. The van der Waals surface area contributed by atoms with E-state index < -0.39 is 0 Å². The molecule has 0 spiro atoms. The number of furan rings is 1. The molecule has 80 valence electrons. The van der Waals surface area contributed by atoms with Gasteiger partial charge in [-0.05, 0) is 41.1 Å². The molecule has 0 N–H and O–H groups in total. The summed E-state index contributed by atoms with van der Waals surface area (Å²) in [6.07, 6.45) is 0. The molecule has 2 aromatic rings. The van der Waals surface area contributed by atoms with Gasteiger partial charge in [0.25, 0.3) is 0 Å². The average molecular weight is 271 g/mol. The van der Waals surface area contributed by atoms with Crippen molar-refractivity contribution in [2.24, 2.45) is 0 Å². The Morgan fingerprint density at radius 1 is 1.33 bits per heavy atom. The fourth-order valence-electron chi connectivity index (χ4n) is 1.26. The fraction of sp³-hybridized carbons (Fsp3) is 0.273. The molecule has 0 fully saturated rings. The van der Waals surface area contributed by atoms with Crippen molar-refractivity contribution >= 4 is 26.9 Å². The van der Waals surface area contributed by atoms with Crippen molar-refractivity contribution in [3.05, 3.63) is 28.9 Å². The average Bonchev–Trinajstić information content (AvgIpc) is 2.57. The molecule has 3 nitrogen and oxygen atoms in total. The van der Waals surface area contributed by atoms with E-state index in [2.05, 4.69) is 15.9 Å². The van der Waals surface area contributed by atoms with Crippen LogP contribution in [0.15, 0.2) is 33.4 Å². The largest absolute Gasteiger partial charge is 0.467 e. The zero-order valence-corrected chi connectivity index (χ0v) is 9.91. The van der Waals surface area contributed by atoms with Crippen LogP contribution in [0, 0.1) is 0 Å². The number of rotatable bonds is 4. The highest BCUT2D eigenvalue weighted by Crippen LogP contribution is 2.26. The Morgan fingerprint density at radius 3 is 3.00 bits per heavy atom. The van der Waals surface area contributed by atoms with Crippen LogP contribution in [-0.2, 0) is 4.74 Å². The molecule has 2 rings (SSSR count). The van der Waals surface area contributed by atoms with E-state index in [9.17, 15) is 0 Å². The number of hydrogen-bond acceptors (Lipinski definition) is 3. The number of ether oxygens (including phenoxy) is 2. The van der Waals surface area contributed by atoms with Gasteiger partial charge in [-0.25, -0.2) is 0 Å². The van der Waals surface area contributed by atoms with Crippen molar-refractivity contribution in [2.75, 3.05) is 13.4 Å². The first kappa shape index (κ1) is 10.5. The third kappa shape index (κ3) is 2.52. The maximum atomic E-state index is 5.41. The molecule has 0 aliphatic heterocycles. The maximum absolute atomic E-state index is 5.41. The van der Waals surface area contributed by atoms with Crippen molar-refractivity contribution in [1.29, 1.82) is 0 Å². The zero-order chi connectivity index (χ0) is 10.7. The van der Waals surface area contributed by atoms with E-state index in [-0.39, 0.29) is 6.79 Å². The summed E-state index contributed by atoms with van der Waals surface area (Å²) in [6, 6.07) is 7.61. The van der Waals surface area contributed by atoms with Crippen molar-refractivity contribution < 1.29 is 13.9 Å². The highest BCUT2D eigenvalue weighted by atomic mass is 79.9. The second-order valence-electron chi connectivity index (χ2n) is 3.01. The van der Waals surface area contributed by atoms with E-state index in [0.29, 0.717) is 6.61 Å². The number of fused-ring (bicyclic) bond motifs is 1. The molecule has 1 heterocycles. The van der Waals surface area contributed by atoms with E-state index in [0.717, 1.165) is 21.4 Å². The Balaban J connectivity index is 2.15. The summed E-state index contributed by atoms with van der Waals surface area (Å²) in [5.41, 5.74) is 0.802. The van der Waals surface area contributed by atoms with Gasteiger partial charge in [0.15, 0.2) is 11.5 Å². The maximum Gasteiger partial charge on any atom is 0.189 e. The molecule has 1 aromatic heterocycles. The third-order valence-electron chi connectivity index (χ3n) is 1.97. The molecule has 0 saturated carbocycles. The lowest BCUT2D eigenvalue weighted by Gasteiger charge is -2.04. The second-order valence-corrected chi connectivity index (χ2v) is 3.79. The van der Waals surface area contributed by atoms with Gasteiger partial charge in [0, 0.05) is 18.1 Å². The molecule has 0 atom stereocenters. The first-order valence-corrected chi connectivity index (χ1v) is 5.48. The quantitative estimate of drug-likeness (QED) is 0.629. The Bertz CT molecular complexity index is 450. The van der Waals surface area contributed by atoms with Crippen molar-refractivity contribution in [3.8, 4) is 5.75 Å². The van der Waals surface area contributed by atoms with Gasteiger partial charge in [-0.15, -0.1) is 0 Å². The molecule has 0 aliphatic carbocycles. The number of hydrogen-bond donors (Lipinski definition) is 0. The Labute approximate surface area is 96.1 Å². The van der Waals surface area contributed by atoms with Crippen molar-refractivity contribution in [1.82, 2.24) is 0 Å². The van der Waals surface area contributed by atoms with Gasteiger partial charge in [0.2, 0.25) is 0 Å². The molecular formula is C11H11BrO3. The van der Waals surface area contributed by atoms with Crippen LogP contribution in [0.25, 0.3) is 11.0 Å². The normalized spacial score (nSPS) is 10.8. The molecule has 0 saturated heterocycles. The predicted molar refractivity (Wildman–Crippen MR) is 61.0 cm³/mol. The molecule has 0 amide bonds. The van der Waals surface area contributed by atoms with Gasteiger partial charge in [-0.3, -0.25) is 0 Å². The topological polar surface area (TPSA) is 31.6 Å². The van der Waals surface area contributed by atoms with Gasteiger partial charge in [-0.1, -0.05) is 0 Å². The summed E-state index contributed by atoms with van der Waals surface area (Å²) < 4.78 is 16.6. The molecule has 1 aromatic carbocycles. The van der Waals surface area contributed by atoms with Crippen LogP contribution in [-0.4, -0.2) is 13.4 Å². The van der Waals surface area contributed by atoms with Gasteiger partial charge in [-0.2, -0.15) is 0 Å². The second kappa shape index (κ2) is 4.68. The molecular weight excluding hydrogens is 260 g/mol. The minimum atomic E-state index is 0.268. The van der Waals surface area contributed by atoms with Gasteiger partial charge in [0.1, 0.15) is 11.3 Å². The van der Waals surface area contributed by atoms with Crippen molar-refractivity contribution in [3.63, 3.8) is 0 Å². The lowest BCUT2D eigenvalue weighted by molar-refractivity contribution is 0.0224. The molecule has 0 unspecified atom stereocenters. The third-order valence-corrected chi connectivity index (χ3v) is 2.37. The summed E-state index contributed by atoms with van der Waals surface area (Å²) in [4.78, 5) is 0. The molecule has 0 aliphatic rings.